The van der Waals surface area contributed by atoms with Crippen LogP contribution in [0.2, 0.25) is 0 Å². The number of rotatable bonds is 1. The molecule has 1 amide bonds. The van der Waals surface area contributed by atoms with Crippen molar-refractivity contribution >= 4 is 28.6 Å². The minimum atomic E-state index is -0.201. The van der Waals surface area contributed by atoms with Gasteiger partial charge in [0.25, 0.3) is 5.91 Å². The molecular weight excluding hydrogens is 516 g/mol. The van der Waals surface area contributed by atoms with Crippen molar-refractivity contribution in [3.8, 4) is 17.1 Å². The lowest BCUT2D eigenvalue weighted by atomic mass is 10.1. The molecule has 41 heavy (non-hydrogen) atoms. The third kappa shape index (κ3) is 4.84. The van der Waals surface area contributed by atoms with Gasteiger partial charge in [-0.3, -0.25) is 15.1 Å². The molecule has 10 nitrogen and oxygen atoms in total. The first kappa shape index (κ1) is 26.0. The quantitative estimate of drug-likeness (QED) is 0.362. The van der Waals surface area contributed by atoms with Crippen LogP contribution in [-0.2, 0) is 13.6 Å². The largest absolute Gasteiger partial charge is 0.477 e. The molecule has 1 aromatic carbocycles. The molecule has 1 saturated heterocycles. The second-order valence-electron chi connectivity index (χ2n) is 12.1. The number of carbonyl (C=O) groups excluding carboxylic acids is 1. The van der Waals surface area contributed by atoms with E-state index < -0.39 is 0 Å². The van der Waals surface area contributed by atoms with E-state index >= 15 is 0 Å². The zero-order valence-corrected chi connectivity index (χ0v) is 24.3. The highest BCUT2D eigenvalue weighted by molar-refractivity contribution is 6.05. The molecular formula is C31H38N8O2. The fourth-order valence-electron chi connectivity index (χ4n) is 6.90. The van der Waals surface area contributed by atoms with Gasteiger partial charge in [-0.15, -0.1) is 0 Å². The number of imidazole rings is 1. The molecule has 0 unspecified atom stereocenters. The molecule has 4 aromatic rings. The fourth-order valence-corrected chi connectivity index (χ4v) is 6.90. The Morgan fingerprint density at radius 1 is 1.05 bits per heavy atom. The van der Waals surface area contributed by atoms with Crippen molar-refractivity contribution < 1.29 is 9.53 Å². The number of hydrogen-bond acceptors (Lipinski definition) is 7. The Morgan fingerprint density at radius 3 is 2.76 bits per heavy atom. The number of nitrogens with zero attached hydrogens (tertiary/aromatic N) is 6. The van der Waals surface area contributed by atoms with E-state index in [4.69, 9.17) is 14.7 Å². The summed E-state index contributed by atoms with van der Waals surface area (Å²) in [7, 11) is 1.90. The maximum absolute atomic E-state index is 13.8. The molecule has 1 aliphatic carbocycles. The van der Waals surface area contributed by atoms with Gasteiger partial charge in [0.2, 0.25) is 11.8 Å². The van der Waals surface area contributed by atoms with Gasteiger partial charge in [-0.1, -0.05) is 0 Å². The first-order chi connectivity index (χ1) is 19.8. The highest BCUT2D eigenvalue weighted by Gasteiger charge is 2.29. The molecule has 3 aliphatic rings. The van der Waals surface area contributed by atoms with Crippen LogP contribution < -0.4 is 20.3 Å². The van der Waals surface area contributed by atoms with Crippen molar-refractivity contribution in [2.75, 3.05) is 36.5 Å². The number of amides is 1. The van der Waals surface area contributed by atoms with Gasteiger partial charge in [0, 0.05) is 56.2 Å². The van der Waals surface area contributed by atoms with E-state index in [1.807, 2.05) is 33.0 Å². The predicted molar refractivity (Wildman–Crippen MR) is 160 cm³/mol. The van der Waals surface area contributed by atoms with Gasteiger partial charge < -0.3 is 19.5 Å². The van der Waals surface area contributed by atoms with Crippen molar-refractivity contribution in [1.29, 1.82) is 0 Å². The van der Waals surface area contributed by atoms with Crippen molar-refractivity contribution in [1.82, 2.24) is 29.6 Å². The number of pyridine rings is 1. The monoisotopic (exact) mass is 554 g/mol. The van der Waals surface area contributed by atoms with Crippen LogP contribution in [0.3, 0.4) is 0 Å². The molecule has 3 aromatic heterocycles. The summed E-state index contributed by atoms with van der Waals surface area (Å²) < 4.78 is 10.5. The predicted octanol–water partition coefficient (Wildman–Crippen LogP) is 4.31. The van der Waals surface area contributed by atoms with Crippen LogP contribution >= 0.6 is 0 Å². The van der Waals surface area contributed by atoms with Gasteiger partial charge in [0.1, 0.15) is 0 Å². The number of aromatic nitrogens is 5. The van der Waals surface area contributed by atoms with Crippen molar-refractivity contribution in [3.05, 3.63) is 47.3 Å². The highest BCUT2D eigenvalue weighted by Crippen LogP contribution is 2.38. The van der Waals surface area contributed by atoms with Gasteiger partial charge in [0.15, 0.2) is 0 Å². The van der Waals surface area contributed by atoms with Gasteiger partial charge in [-0.25, -0.2) is 9.67 Å². The molecule has 10 heteroatoms. The fraction of sp³-hybridized carbons (Fsp3) is 0.484. The van der Waals surface area contributed by atoms with Crippen molar-refractivity contribution in [2.45, 2.75) is 52.6 Å². The lowest BCUT2D eigenvalue weighted by Crippen LogP contribution is -2.49. The van der Waals surface area contributed by atoms with Crippen LogP contribution in [-0.4, -0.2) is 62.5 Å². The Labute approximate surface area is 240 Å². The summed E-state index contributed by atoms with van der Waals surface area (Å²) in [5.41, 5.74) is 6.82. The molecule has 0 radical (unpaired) electrons. The Balaban J connectivity index is 1.32. The molecule has 1 saturated carbocycles. The molecule has 4 bridgehead atoms. The van der Waals surface area contributed by atoms with Crippen LogP contribution in [0.4, 0.5) is 11.6 Å². The summed E-state index contributed by atoms with van der Waals surface area (Å²) in [5, 5.41) is 11.3. The minimum Gasteiger partial charge on any atom is -0.477 e. The molecule has 214 valence electrons. The first-order valence-electron chi connectivity index (χ1n) is 14.8. The van der Waals surface area contributed by atoms with Gasteiger partial charge >= 0.3 is 0 Å². The summed E-state index contributed by atoms with van der Waals surface area (Å²) in [6.45, 7) is 10.5. The molecule has 2 aliphatic heterocycles. The topological polar surface area (TPSA) is 102 Å². The van der Waals surface area contributed by atoms with E-state index in [-0.39, 0.29) is 5.91 Å². The SMILES string of the molecule is Cc1cc2cc(n1)-c1c(C)nn(C)c1OC[C@H]1CC[C@H](C1)Cn1c(nc3ccc(N4CCN[C@H](C)C4)cc31)NC2=O. The number of aryl methyl sites for hydroxylation is 3. The summed E-state index contributed by atoms with van der Waals surface area (Å²) in [6.07, 6.45) is 3.30. The number of benzene rings is 1. The number of fused-ring (bicyclic) bond motifs is 9. The van der Waals surface area contributed by atoms with Crippen LogP contribution in [0.1, 0.15) is 47.9 Å². The number of ether oxygens (including phenoxy) is 1. The first-order valence-corrected chi connectivity index (χ1v) is 14.8. The summed E-state index contributed by atoms with van der Waals surface area (Å²) >= 11 is 0. The smallest absolute Gasteiger partial charge is 0.258 e. The number of nitrogens with one attached hydrogen (secondary N) is 2. The highest BCUT2D eigenvalue weighted by atomic mass is 16.5. The summed E-state index contributed by atoms with van der Waals surface area (Å²) in [6, 6.07) is 10.6. The molecule has 2 N–H and O–H groups in total. The van der Waals surface area contributed by atoms with Gasteiger partial charge in [-0.2, -0.15) is 5.10 Å². The zero-order valence-electron chi connectivity index (χ0n) is 24.3. The number of anilines is 2. The summed E-state index contributed by atoms with van der Waals surface area (Å²) in [4.78, 5) is 25.9. The second kappa shape index (κ2) is 10.2. The van der Waals surface area contributed by atoms with Gasteiger partial charge in [-0.05, 0) is 82.2 Å². The van der Waals surface area contributed by atoms with Crippen LogP contribution in [0.25, 0.3) is 22.3 Å². The Bertz CT molecular complexity index is 1640. The normalized spacial score (nSPS) is 22.9. The third-order valence-corrected chi connectivity index (χ3v) is 8.88. The van der Waals surface area contributed by atoms with E-state index in [9.17, 15) is 4.79 Å². The maximum atomic E-state index is 13.8. The van der Waals surface area contributed by atoms with Crippen molar-refractivity contribution in [2.24, 2.45) is 18.9 Å². The third-order valence-electron chi connectivity index (χ3n) is 8.88. The average molecular weight is 555 g/mol. The molecule has 7 rings (SSSR count). The van der Waals surface area contributed by atoms with Crippen LogP contribution in [0.15, 0.2) is 30.3 Å². The lowest BCUT2D eigenvalue weighted by Gasteiger charge is -2.33. The molecule has 5 heterocycles. The molecule has 0 spiro atoms. The molecule has 3 atom stereocenters. The molecule has 2 fully saturated rings. The Kier molecular flexibility index (Phi) is 6.45. The zero-order chi connectivity index (χ0) is 28.2. The summed E-state index contributed by atoms with van der Waals surface area (Å²) in [5.74, 6) is 2.04. The number of piperazine rings is 1. The van der Waals surface area contributed by atoms with Gasteiger partial charge in [0.05, 0.1) is 34.6 Å². The standard InChI is InChI=1S/C31H38N8O2/c1-18-11-23-13-26(33-18)28-20(3)36-37(4)30(28)41-17-22-6-5-21(12-22)16-39-27-14-24(38-10-9-32-19(2)15-38)7-8-25(27)34-31(39)35-29(23)40/h7-8,11,13-14,19,21-22,32H,5-6,9-10,12,15-17H2,1-4H3,(H,34,35,40)/t19-,21-,22+/m1/s1. The van der Waals surface area contributed by atoms with Crippen LogP contribution in [0, 0.1) is 25.7 Å². The van der Waals surface area contributed by atoms with E-state index in [2.05, 4.69) is 50.3 Å². The van der Waals surface area contributed by atoms with E-state index in [0.717, 1.165) is 73.4 Å². The Hall–Kier alpha value is -3.92. The van der Waals surface area contributed by atoms with E-state index in [1.54, 1.807) is 4.68 Å². The maximum Gasteiger partial charge on any atom is 0.258 e. The number of carbonyl (C=O) groups is 1. The van der Waals surface area contributed by atoms with E-state index in [0.29, 0.717) is 47.6 Å². The van der Waals surface area contributed by atoms with Crippen LogP contribution in [0.5, 0.6) is 5.88 Å². The minimum absolute atomic E-state index is 0.201. The second-order valence-corrected chi connectivity index (χ2v) is 12.1. The average Bonchev–Trinajstić information content (AvgIpc) is 3.61. The Morgan fingerprint density at radius 2 is 1.90 bits per heavy atom. The van der Waals surface area contributed by atoms with E-state index in [1.165, 1.54) is 5.69 Å². The lowest BCUT2D eigenvalue weighted by molar-refractivity contribution is 0.102. The number of hydrogen-bond donors (Lipinski definition) is 2. The van der Waals surface area contributed by atoms with Crippen molar-refractivity contribution in [3.63, 3.8) is 0 Å².